The lowest BCUT2D eigenvalue weighted by atomic mass is 10.0. The lowest BCUT2D eigenvalue weighted by Gasteiger charge is -2.24. The number of halogens is 2. The highest BCUT2D eigenvalue weighted by molar-refractivity contribution is 9.09. The molecule has 148 valence electrons. The predicted molar refractivity (Wildman–Crippen MR) is 113 cm³/mol. The molecule has 0 fully saturated rings. The first-order chi connectivity index (χ1) is 12.8. The molecule has 0 radical (unpaired) electrons. The Bertz CT molecular complexity index is 701. The zero-order chi connectivity index (χ0) is 20.4. The number of hydrogen-bond acceptors (Lipinski definition) is 6. The molecule has 1 aromatic carbocycles. The molecule has 0 saturated carbocycles. The topological polar surface area (TPSA) is 103 Å². The van der Waals surface area contributed by atoms with Gasteiger partial charge < -0.3 is 15.1 Å². The number of nitro benzene ring substituents is 1. The maximum Gasteiger partial charge on any atom is 0.283 e. The van der Waals surface area contributed by atoms with Gasteiger partial charge in [0.05, 0.1) is 16.2 Å². The van der Waals surface area contributed by atoms with Crippen LogP contribution in [0.15, 0.2) is 12.1 Å². The van der Waals surface area contributed by atoms with E-state index >= 15 is 0 Å². The van der Waals surface area contributed by atoms with Gasteiger partial charge in [-0.15, -0.1) is 0 Å². The minimum absolute atomic E-state index is 0.0343. The number of carbonyl (C=O) groups is 1. The standard InChI is InChI=1S/C17H23Br2N5O3/c1-22(2)7-3-6-21-17(25)14-11-15(23(8-4-18)9-5-19)13(12-20)10-16(14)24(26)27/h10-11H,3-9H2,1-2H3,(H,21,25). The fraction of sp³-hybridized carbons (Fsp3) is 0.529. The summed E-state index contributed by atoms with van der Waals surface area (Å²) in [6, 6.07) is 4.63. The lowest BCUT2D eigenvalue weighted by molar-refractivity contribution is -0.385. The summed E-state index contributed by atoms with van der Waals surface area (Å²) in [5.41, 5.74) is 0.291. The molecule has 0 bridgehead atoms. The number of nitriles is 1. The molecule has 0 unspecified atom stereocenters. The molecule has 0 aliphatic rings. The fourth-order valence-electron chi connectivity index (χ4n) is 2.51. The van der Waals surface area contributed by atoms with Crippen molar-refractivity contribution in [1.29, 1.82) is 5.26 Å². The quantitative estimate of drug-likeness (QED) is 0.215. The van der Waals surface area contributed by atoms with E-state index in [1.807, 2.05) is 30.0 Å². The third kappa shape index (κ3) is 7.08. The smallest absolute Gasteiger partial charge is 0.283 e. The number of nitrogens with zero attached hydrogens (tertiary/aromatic N) is 4. The second-order valence-electron chi connectivity index (χ2n) is 6.03. The molecule has 0 heterocycles. The summed E-state index contributed by atoms with van der Waals surface area (Å²) in [6.07, 6.45) is 0.731. The van der Waals surface area contributed by atoms with Gasteiger partial charge in [-0.1, -0.05) is 31.9 Å². The van der Waals surface area contributed by atoms with Crippen LogP contribution in [-0.2, 0) is 0 Å². The van der Waals surface area contributed by atoms with Crippen molar-refractivity contribution in [3.63, 3.8) is 0 Å². The Kier molecular flexibility index (Phi) is 10.3. The summed E-state index contributed by atoms with van der Waals surface area (Å²) < 4.78 is 0. The number of alkyl halides is 2. The van der Waals surface area contributed by atoms with Crippen molar-refractivity contribution < 1.29 is 9.72 Å². The SMILES string of the molecule is CN(C)CCCNC(=O)c1cc(N(CCBr)CCBr)c(C#N)cc1[N+](=O)[O-]. The van der Waals surface area contributed by atoms with E-state index in [2.05, 4.69) is 37.2 Å². The van der Waals surface area contributed by atoms with Gasteiger partial charge >= 0.3 is 0 Å². The number of nitro groups is 1. The summed E-state index contributed by atoms with van der Waals surface area (Å²) in [7, 11) is 3.86. The molecule has 1 rings (SSSR count). The largest absolute Gasteiger partial charge is 0.369 e. The van der Waals surface area contributed by atoms with Crippen molar-refractivity contribution in [3.05, 3.63) is 33.4 Å². The van der Waals surface area contributed by atoms with E-state index in [-0.39, 0.29) is 16.8 Å². The van der Waals surface area contributed by atoms with E-state index in [1.165, 1.54) is 12.1 Å². The van der Waals surface area contributed by atoms with Gasteiger partial charge in [0.25, 0.3) is 11.6 Å². The van der Waals surface area contributed by atoms with Crippen LogP contribution in [-0.4, -0.2) is 66.7 Å². The molecule has 8 nitrogen and oxygen atoms in total. The molecule has 0 spiro atoms. The highest BCUT2D eigenvalue weighted by atomic mass is 79.9. The van der Waals surface area contributed by atoms with Crippen LogP contribution in [0.4, 0.5) is 11.4 Å². The Labute approximate surface area is 175 Å². The average Bonchev–Trinajstić information content (AvgIpc) is 2.63. The number of nitrogens with one attached hydrogen (secondary N) is 1. The Morgan fingerprint density at radius 1 is 1.26 bits per heavy atom. The van der Waals surface area contributed by atoms with Gasteiger partial charge in [0.2, 0.25) is 0 Å². The van der Waals surface area contributed by atoms with Gasteiger partial charge in [-0.25, -0.2) is 0 Å². The zero-order valence-corrected chi connectivity index (χ0v) is 18.5. The Morgan fingerprint density at radius 2 is 1.89 bits per heavy atom. The van der Waals surface area contributed by atoms with Crippen LogP contribution < -0.4 is 10.2 Å². The van der Waals surface area contributed by atoms with Crippen LogP contribution in [0.5, 0.6) is 0 Å². The molecular weight excluding hydrogens is 482 g/mol. The molecule has 0 saturated heterocycles. The molecular formula is C17H23Br2N5O3. The molecule has 1 aromatic rings. The van der Waals surface area contributed by atoms with Gasteiger partial charge in [-0.3, -0.25) is 14.9 Å². The number of benzene rings is 1. The third-order valence-corrected chi connectivity index (χ3v) is 4.50. The van der Waals surface area contributed by atoms with Crippen molar-refractivity contribution in [2.45, 2.75) is 6.42 Å². The van der Waals surface area contributed by atoms with Crippen molar-refractivity contribution in [3.8, 4) is 6.07 Å². The van der Waals surface area contributed by atoms with Crippen LogP contribution in [0.3, 0.4) is 0 Å². The van der Waals surface area contributed by atoms with E-state index in [1.54, 1.807) is 0 Å². The van der Waals surface area contributed by atoms with Crippen LogP contribution in [0.25, 0.3) is 0 Å². The molecule has 27 heavy (non-hydrogen) atoms. The van der Waals surface area contributed by atoms with Gasteiger partial charge in [-0.2, -0.15) is 5.26 Å². The normalized spacial score (nSPS) is 10.5. The monoisotopic (exact) mass is 503 g/mol. The zero-order valence-electron chi connectivity index (χ0n) is 15.4. The first-order valence-corrected chi connectivity index (χ1v) is 10.6. The van der Waals surface area contributed by atoms with Gasteiger partial charge in [-0.05, 0) is 33.1 Å². The maximum atomic E-state index is 12.6. The molecule has 0 aliphatic carbocycles. The van der Waals surface area contributed by atoms with Gasteiger partial charge in [0, 0.05) is 36.4 Å². The lowest BCUT2D eigenvalue weighted by Crippen LogP contribution is -2.30. The second-order valence-corrected chi connectivity index (χ2v) is 7.62. The molecule has 0 aromatic heterocycles. The van der Waals surface area contributed by atoms with E-state index in [4.69, 9.17) is 0 Å². The molecule has 10 heteroatoms. The van der Waals surface area contributed by atoms with Crippen molar-refractivity contribution in [2.24, 2.45) is 0 Å². The molecule has 0 aliphatic heterocycles. The minimum atomic E-state index is -0.626. The van der Waals surface area contributed by atoms with Crippen molar-refractivity contribution in [2.75, 3.05) is 55.8 Å². The number of hydrogen-bond donors (Lipinski definition) is 1. The van der Waals surface area contributed by atoms with Gasteiger partial charge in [0.15, 0.2) is 0 Å². The summed E-state index contributed by atoms with van der Waals surface area (Å²) in [5.74, 6) is -0.510. The highest BCUT2D eigenvalue weighted by Crippen LogP contribution is 2.29. The molecule has 1 amide bonds. The van der Waals surface area contributed by atoms with Crippen molar-refractivity contribution >= 4 is 49.1 Å². The summed E-state index contributed by atoms with van der Waals surface area (Å²) in [4.78, 5) is 27.3. The van der Waals surface area contributed by atoms with Crippen molar-refractivity contribution in [1.82, 2.24) is 10.2 Å². The number of carbonyl (C=O) groups excluding carboxylic acids is 1. The third-order valence-electron chi connectivity index (χ3n) is 3.79. The van der Waals surface area contributed by atoms with E-state index in [0.717, 1.165) is 13.0 Å². The van der Waals surface area contributed by atoms with Crippen LogP contribution in [0.1, 0.15) is 22.3 Å². The predicted octanol–water partition coefficient (Wildman–Crippen LogP) is 2.74. The van der Waals surface area contributed by atoms with Crippen LogP contribution in [0.2, 0.25) is 0 Å². The van der Waals surface area contributed by atoms with Crippen LogP contribution >= 0.6 is 31.9 Å². The summed E-state index contributed by atoms with van der Waals surface area (Å²) >= 11 is 6.74. The van der Waals surface area contributed by atoms with Crippen LogP contribution in [0, 0.1) is 21.4 Å². The Morgan fingerprint density at radius 3 is 2.37 bits per heavy atom. The average molecular weight is 505 g/mol. The highest BCUT2D eigenvalue weighted by Gasteiger charge is 2.25. The number of rotatable bonds is 11. The number of amides is 1. The Hall–Kier alpha value is -1.70. The molecule has 0 atom stereocenters. The Balaban J connectivity index is 3.23. The molecule has 1 N–H and O–H groups in total. The first kappa shape index (κ1) is 23.3. The second kappa shape index (κ2) is 11.9. The number of anilines is 1. The first-order valence-electron chi connectivity index (χ1n) is 8.38. The maximum absolute atomic E-state index is 12.6. The minimum Gasteiger partial charge on any atom is -0.369 e. The van der Waals surface area contributed by atoms with E-state index in [0.29, 0.717) is 36.0 Å². The van der Waals surface area contributed by atoms with E-state index < -0.39 is 10.8 Å². The van der Waals surface area contributed by atoms with Gasteiger partial charge in [0.1, 0.15) is 11.6 Å². The van der Waals surface area contributed by atoms with E-state index in [9.17, 15) is 20.2 Å². The summed E-state index contributed by atoms with van der Waals surface area (Å²) in [5, 5.41) is 24.9. The summed E-state index contributed by atoms with van der Waals surface area (Å²) in [6.45, 7) is 2.41. The fourth-order valence-corrected chi connectivity index (χ4v) is 3.37.